The van der Waals surface area contributed by atoms with E-state index in [1.54, 1.807) is 6.26 Å². The smallest absolute Gasteiger partial charge is 0.227 e. The summed E-state index contributed by atoms with van der Waals surface area (Å²) in [7, 11) is 4.01. The maximum absolute atomic E-state index is 5.87. The lowest BCUT2D eigenvalue weighted by Crippen LogP contribution is -2.26. The summed E-state index contributed by atoms with van der Waals surface area (Å²) in [5.74, 6) is 2.67. The van der Waals surface area contributed by atoms with E-state index in [0.717, 1.165) is 49.1 Å². The number of furan rings is 1. The summed E-state index contributed by atoms with van der Waals surface area (Å²) >= 11 is 0. The second kappa shape index (κ2) is 5.18. The molecular formula is C15H22N4O2. The summed E-state index contributed by atoms with van der Waals surface area (Å²) in [6.45, 7) is 5.60. The molecular weight excluding hydrogens is 268 g/mol. The molecule has 0 N–H and O–H groups in total. The van der Waals surface area contributed by atoms with Gasteiger partial charge in [0.15, 0.2) is 5.82 Å². The van der Waals surface area contributed by atoms with Crippen LogP contribution in [0.3, 0.4) is 0 Å². The molecule has 3 rings (SSSR count). The molecule has 0 aliphatic carbocycles. The van der Waals surface area contributed by atoms with E-state index in [4.69, 9.17) is 9.15 Å². The van der Waals surface area contributed by atoms with Gasteiger partial charge in [0.25, 0.3) is 0 Å². The molecule has 0 amide bonds. The van der Waals surface area contributed by atoms with Crippen LogP contribution in [0.1, 0.15) is 36.9 Å². The highest BCUT2D eigenvalue weighted by atomic mass is 16.5. The van der Waals surface area contributed by atoms with Crippen LogP contribution in [0, 0.1) is 6.92 Å². The number of aryl methyl sites for hydroxylation is 1. The van der Waals surface area contributed by atoms with E-state index in [1.807, 2.05) is 31.7 Å². The van der Waals surface area contributed by atoms with Gasteiger partial charge < -0.3 is 14.1 Å². The Balaban J connectivity index is 1.83. The van der Waals surface area contributed by atoms with Crippen molar-refractivity contribution >= 4 is 5.95 Å². The van der Waals surface area contributed by atoms with Crippen molar-refractivity contribution < 1.29 is 9.15 Å². The summed E-state index contributed by atoms with van der Waals surface area (Å²) in [6, 6.07) is 1.99. The molecule has 6 heteroatoms. The van der Waals surface area contributed by atoms with Crippen LogP contribution < -0.4 is 4.90 Å². The Morgan fingerprint density at radius 2 is 2.24 bits per heavy atom. The zero-order valence-electron chi connectivity index (χ0n) is 13.1. The lowest BCUT2D eigenvalue weighted by Gasteiger charge is -2.23. The molecule has 6 nitrogen and oxygen atoms in total. The van der Waals surface area contributed by atoms with Crippen LogP contribution in [0.2, 0.25) is 0 Å². The van der Waals surface area contributed by atoms with Crippen molar-refractivity contribution in [2.45, 2.75) is 38.8 Å². The van der Waals surface area contributed by atoms with Crippen LogP contribution >= 0.6 is 0 Å². The fourth-order valence-corrected chi connectivity index (χ4v) is 2.97. The second-order valence-corrected chi connectivity index (χ2v) is 5.92. The number of rotatable bonds is 4. The summed E-state index contributed by atoms with van der Waals surface area (Å²) in [5, 5.41) is 8.71. The molecule has 0 radical (unpaired) electrons. The maximum atomic E-state index is 5.87. The number of aromatic nitrogens is 3. The summed E-state index contributed by atoms with van der Waals surface area (Å²) in [5.41, 5.74) is 0.845. The molecule has 1 saturated heterocycles. The van der Waals surface area contributed by atoms with Crippen molar-refractivity contribution in [3.8, 4) is 0 Å². The average Bonchev–Trinajstić information content (AvgIpc) is 3.13. The predicted octanol–water partition coefficient (Wildman–Crippen LogP) is 2.38. The zero-order valence-corrected chi connectivity index (χ0v) is 13.1. The maximum Gasteiger partial charge on any atom is 0.227 e. The van der Waals surface area contributed by atoms with E-state index in [0.29, 0.717) is 0 Å². The summed E-state index contributed by atoms with van der Waals surface area (Å²) in [4.78, 5) is 2.08. The van der Waals surface area contributed by atoms with Gasteiger partial charge in [0.2, 0.25) is 5.95 Å². The third-order valence-electron chi connectivity index (χ3n) is 4.26. The topological polar surface area (TPSA) is 56.3 Å². The molecule has 0 spiro atoms. The number of hydrogen-bond donors (Lipinski definition) is 0. The van der Waals surface area contributed by atoms with Gasteiger partial charge in [-0.25, -0.2) is 0 Å². The predicted molar refractivity (Wildman–Crippen MR) is 79.1 cm³/mol. The van der Waals surface area contributed by atoms with Crippen molar-refractivity contribution in [3.05, 3.63) is 29.5 Å². The van der Waals surface area contributed by atoms with Gasteiger partial charge in [0, 0.05) is 32.8 Å². The Hall–Kier alpha value is -1.82. The summed E-state index contributed by atoms with van der Waals surface area (Å²) < 4.78 is 13.2. The molecule has 114 valence electrons. The minimum absolute atomic E-state index is 0.313. The van der Waals surface area contributed by atoms with Gasteiger partial charge in [-0.1, -0.05) is 0 Å². The molecule has 1 aliphatic rings. The lowest BCUT2D eigenvalue weighted by molar-refractivity contribution is 0.00698. The lowest BCUT2D eigenvalue weighted by atomic mass is 10.0. The fourth-order valence-electron chi connectivity index (χ4n) is 2.97. The zero-order chi connectivity index (χ0) is 15.0. The van der Waals surface area contributed by atoms with Gasteiger partial charge in [0.1, 0.15) is 11.4 Å². The molecule has 1 fully saturated rings. The van der Waals surface area contributed by atoms with Crippen LogP contribution in [0.4, 0.5) is 5.95 Å². The number of ether oxygens (including phenoxy) is 1. The molecule has 0 bridgehead atoms. The number of nitrogens with zero attached hydrogens (tertiary/aromatic N) is 4. The van der Waals surface area contributed by atoms with Gasteiger partial charge in [0.05, 0.1) is 6.26 Å². The first-order valence-electron chi connectivity index (χ1n) is 7.29. The van der Waals surface area contributed by atoms with E-state index >= 15 is 0 Å². The highest BCUT2D eigenvalue weighted by Gasteiger charge is 2.37. The Bertz CT molecular complexity index is 625. The van der Waals surface area contributed by atoms with E-state index in [-0.39, 0.29) is 5.60 Å². The molecule has 1 unspecified atom stereocenters. The molecule has 21 heavy (non-hydrogen) atoms. The standard InChI is InChI=1S/C15H22N4O2/c1-11-12(6-9-20-11)10-18(3)14-17-16-13(19(14)4)15(2)7-5-8-21-15/h6,9H,5,7-8,10H2,1-4H3. The molecule has 1 aliphatic heterocycles. The molecule has 0 saturated carbocycles. The Kier molecular flexibility index (Phi) is 3.49. The van der Waals surface area contributed by atoms with Crippen LogP contribution in [-0.4, -0.2) is 28.4 Å². The van der Waals surface area contributed by atoms with E-state index in [9.17, 15) is 0 Å². The van der Waals surface area contributed by atoms with Crippen LogP contribution in [0.15, 0.2) is 16.7 Å². The third-order valence-corrected chi connectivity index (χ3v) is 4.26. The molecule has 2 aromatic heterocycles. The SMILES string of the molecule is Cc1occc1CN(C)c1nnc(C2(C)CCCO2)n1C. The number of anilines is 1. The first-order chi connectivity index (χ1) is 10.0. The Morgan fingerprint density at radius 1 is 1.43 bits per heavy atom. The number of hydrogen-bond acceptors (Lipinski definition) is 5. The minimum Gasteiger partial charge on any atom is -0.469 e. The van der Waals surface area contributed by atoms with Crippen LogP contribution in [-0.2, 0) is 23.9 Å². The fraction of sp³-hybridized carbons (Fsp3) is 0.600. The first kappa shape index (κ1) is 14.1. The van der Waals surface area contributed by atoms with Crippen molar-refractivity contribution in [3.63, 3.8) is 0 Å². The summed E-state index contributed by atoms with van der Waals surface area (Å²) in [6.07, 6.45) is 3.78. The molecule has 3 heterocycles. The van der Waals surface area contributed by atoms with Gasteiger partial charge in [-0.3, -0.25) is 4.57 Å². The minimum atomic E-state index is -0.313. The highest BCUT2D eigenvalue weighted by molar-refractivity contribution is 5.33. The van der Waals surface area contributed by atoms with Gasteiger partial charge in [-0.2, -0.15) is 0 Å². The second-order valence-electron chi connectivity index (χ2n) is 5.92. The van der Waals surface area contributed by atoms with E-state index < -0.39 is 0 Å². The normalized spacial score (nSPS) is 21.9. The van der Waals surface area contributed by atoms with Crippen LogP contribution in [0.25, 0.3) is 0 Å². The quantitative estimate of drug-likeness (QED) is 0.865. The van der Waals surface area contributed by atoms with Gasteiger partial charge in [-0.05, 0) is 32.8 Å². The van der Waals surface area contributed by atoms with Crippen molar-refractivity contribution in [2.24, 2.45) is 7.05 Å². The van der Waals surface area contributed by atoms with Gasteiger partial charge >= 0.3 is 0 Å². The van der Waals surface area contributed by atoms with E-state index in [2.05, 4.69) is 22.0 Å². The molecule has 2 aromatic rings. The van der Waals surface area contributed by atoms with Crippen LogP contribution in [0.5, 0.6) is 0 Å². The van der Waals surface area contributed by atoms with Gasteiger partial charge in [-0.15, -0.1) is 10.2 Å². The van der Waals surface area contributed by atoms with E-state index in [1.165, 1.54) is 0 Å². The van der Waals surface area contributed by atoms with Crippen molar-refractivity contribution in [1.29, 1.82) is 0 Å². The Morgan fingerprint density at radius 3 is 2.86 bits per heavy atom. The average molecular weight is 290 g/mol. The highest BCUT2D eigenvalue weighted by Crippen LogP contribution is 2.35. The Labute approximate surface area is 124 Å². The molecule has 0 aromatic carbocycles. The largest absolute Gasteiger partial charge is 0.469 e. The third kappa shape index (κ3) is 2.44. The van der Waals surface area contributed by atoms with Crippen molar-refractivity contribution in [2.75, 3.05) is 18.6 Å². The monoisotopic (exact) mass is 290 g/mol. The van der Waals surface area contributed by atoms with Crippen molar-refractivity contribution in [1.82, 2.24) is 14.8 Å². The molecule has 1 atom stereocenters. The first-order valence-corrected chi connectivity index (χ1v) is 7.29.